The quantitative estimate of drug-likeness (QED) is 0.562. The first-order chi connectivity index (χ1) is 8.90. The molecule has 0 saturated heterocycles. The zero-order valence-corrected chi connectivity index (χ0v) is 11.2. The Morgan fingerprint density at radius 3 is 2.58 bits per heavy atom. The van der Waals surface area contributed by atoms with Crippen LogP contribution in [0.4, 0.5) is 11.4 Å². The van der Waals surface area contributed by atoms with Crippen LogP contribution in [0.15, 0.2) is 18.2 Å². The number of rotatable bonds is 6. The molecule has 1 rings (SSSR count). The average Bonchev–Trinajstić information content (AvgIpc) is 2.33. The van der Waals surface area contributed by atoms with Gasteiger partial charge in [-0.2, -0.15) is 0 Å². The Balaban J connectivity index is 2.64. The third kappa shape index (κ3) is 4.87. The van der Waals surface area contributed by atoms with Crippen LogP contribution in [-0.2, 0) is 4.79 Å². The van der Waals surface area contributed by atoms with Crippen LogP contribution in [0.25, 0.3) is 0 Å². The molecule has 0 aromatic heterocycles. The van der Waals surface area contributed by atoms with Crippen molar-refractivity contribution in [3.8, 4) is 0 Å². The fraction of sp³-hybridized carbons (Fsp3) is 0.385. The molecule has 0 heterocycles. The van der Waals surface area contributed by atoms with E-state index in [1.54, 1.807) is 12.1 Å². The molecule has 0 atom stereocenters. The van der Waals surface area contributed by atoms with E-state index in [1.165, 1.54) is 6.07 Å². The third-order valence-electron chi connectivity index (χ3n) is 2.46. The number of anilines is 2. The number of amides is 2. The summed E-state index contributed by atoms with van der Waals surface area (Å²) in [6.45, 7) is 4.70. The molecule has 0 saturated carbocycles. The summed E-state index contributed by atoms with van der Waals surface area (Å²) in [5, 5.41) is 5.63. The fourth-order valence-electron chi connectivity index (χ4n) is 1.48. The molecule has 0 unspecified atom stereocenters. The van der Waals surface area contributed by atoms with Crippen LogP contribution in [0.3, 0.4) is 0 Å². The van der Waals surface area contributed by atoms with Crippen LogP contribution in [-0.4, -0.2) is 24.9 Å². The number of nitrogen functional groups attached to an aromatic ring is 1. The van der Waals surface area contributed by atoms with Crippen molar-refractivity contribution in [3.63, 3.8) is 0 Å². The van der Waals surface area contributed by atoms with Crippen LogP contribution >= 0.6 is 0 Å². The number of hydrogen-bond donors (Lipinski definition) is 4. The van der Waals surface area contributed by atoms with E-state index in [4.69, 9.17) is 11.5 Å². The van der Waals surface area contributed by atoms with E-state index in [-0.39, 0.29) is 12.5 Å². The molecule has 1 aromatic rings. The Labute approximate surface area is 112 Å². The highest BCUT2D eigenvalue weighted by molar-refractivity contribution is 5.99. The van der Waals surface area contributed by atoms with E-state index in [0.717, 1.165) is 0 Å². The van der Waals surface area contributed by atoms with Crippen molar-refractivity contribution in [2.24, 2.45) is 11.7 Å². The van der Waals surface area contributed by atoms with E-state index in [9.17, 15) is 9.59 Å². The first-order valence-corrected chi connectivity index (χ1v) is 6.10. The molecule has 2 amide bonds. The number of primary amides is 1. The number of nitrogens with two attached hydrogens (primary N) is 2. The summed E-state index contributed by atoms with van der Waals surface area (Å²) in [7, 11) is 0. The Bertz CT molecular complexity index is 472. The monoisotopic (exact) mass is 264 g/mol. The highest BCUT2D eigenvalue weighted by Crippen LogP contribution is 2.18. The molecule has 0 aliphatic heterocycles. The lowest BCUT2D eigenvalue weighted by Crippen LogP contribution is -2.32. The summed E-state index contributed by atoms with van der Waals surface area (Å²) in [6, 6.07) is 4.70. The molecule has 6 heteroatoms. The molecule has 104 valence electrons. The van der Waals surface area contributed by atoms with Gasteiger partial charge in [-0.05, 0) is 24.1 Å². The van der Waals surface area contributed by atoms with Crippen LogP contribution < -0.4 is 22.1 Å². The Hall–Kier alpha value is -2.24. The van der Waals surface area contributed by atoms with Gasteiger partial charge < -0.3 is 22.1 Å². The number of carbonyl (C=O) groups is 2. The first-order valence-electron chi connectivity index (χ1n) is 6.10. The minimum atomic E-state index is -0.565. The van der Waals surface area contributed by atoms with E-state index >= 15 is 0 Å². The topological polar surface area (TPSA) is 110 Å². The van der Waals surface area contributed by atoms with Crippen LogP contribution in [0.5, 0.6) is 0 Å². The molecule has 0 bridgehead atoms. The van der Waals surface area contributed by atoms with E-state index in [0.29, 0.717) is 29.4 Å². The maximum atomic E-state index is 11.6. The molecule has 19 heavy (non-hydrogen) atoms. The average molecular weight is 264 g/mol. The predicted molar refractivity (Wildman–Crippen MR) is 75.7 cm³/mol. The predicted octanol–water partition coefficient (Wildman–Crippen LogP) is 0.552. The fourth-order valence-corrected chi connectivity index (χ4v) is 1.48. The van der Waals surface area contributed by atoms with E-state index in [1.807, 2.05) is 13.8 Å². The second-order valence-corrected chi connectivity index (χ2v) is 4.72. The van der Waals surface area contributed by atoms with Gasteiger partial charge in [0.2, 0.25) is 5.91 Å². The van der Waals surface area contributed by atoms with Crippen molar-refractivity contribution in [1.82, 2.24) is 5.32 Å². The Morgan fingerprint density at radius 1 is 1.32 bits per heavy atom. The lowest BCUT2D eigenvalue weighted by atomic mass is 10.1. The van der Waals surface area contributed by atoms with Gasteiger partial charge in [-0.15, -0.1) is 0 Å². The van der Waals surface area contributed by atoms with Gasteiger partial charge in [-0.3, -0.25) is 9.59 Å². The molecule has 6 N–H and O–H groups in total. The lowest BCUT2D eigenvalue weighted by Gasteiger charge is -2.12. The zero-order chi connectivity index (χ0) is 14.4. The van der Waals surface area contributed by atoms with Crippen LogP contribution in [0.2, 0.25) is 0 Å². The van der Waals surface area contributed by atoms with Gasteiger partial charge in [-0.25, -0.2) is 0 Å². The van der Waals surface area contributed by atoms with Crippen molar-refractivity contribution in [2.75, 3.05) is 24.1 Å². The van der Waals surface area contributed by atoms with Gasteiger partial charge in [0.25, 0.3) is 5.91 Å². The largest absolute Gasteiger partial charge is 0.399 e. The number of carbonyl (C=O) groups excluding carboxylic acids is 2. The summed E-state index contributed by atoms with van der Waals surface area (Å²) in [5.41, 5.74) is 12.2. The van der Waals surface area contributed by atoms with Crippen LogP contribution in [0.1, 0.15) is 24.2 Å². The lowest BCUT2D eigenvalue weighted by molar-refractivity contribution is -0.119. The van der Waals surface area contributed by atoms with Crippen molar-refractivity contribution in [1.29, 1.82) is 0 Å². The highest BCUT2D eigenvalue weighted by atomic mass is 16.2. The van der Waals surface area contributed by atoms with Crippen molar-refractivity contribution < 1.29 is 9.59 Å². The van der Waals surface area contributed by atoms with Crippen molar-refractivity contribution in [3.05, 3.63) is 23.8 Å². The summed E-state index contributed by atoms with van der Waals surface area (Å²) in [4.78, 5) is 22.8. The van der Waals surface area contributed by atoms with Gasteiger partial charge in [0.05, 0.1) is 12.1 Å². The van der Waals surface area contributed by atoms with Crippen molar-refractivity contribution in [2.45, 2.75) is 13.8 Å². The Morgan fingerprint density at radius 2 is 2.00 bits per heavy atom. The third-order valence-corrected chi connectivity index (χ3v) is 2.46. The van der Waals surface area contributed by atoms with Gasteiger partial charge in [0, 0.05) is 17.9 Å². The van der Waals surface area contributed by atoms with Gasteiger partial charge in [-0.1, -0.05) is 13.8 Å². The molecular weight excluding hydrogens is 244 g/mol. The number of hydrogen-bond acceptors (Lipinski definition) is 4. The molecular formula is C13H20N4O2. The summed E-state index contributed by atoms with van der Waals surface area (Å²) >= 11 is 0. The second-order valence-electron chi connectivity index (χ2n) is 4.72. The zero-order valence-electron chi connectivity index (χ0n) is 11.2. The molecule has 0 fully saturated rings. The maximum Gasteiger partial charge on any atom is 0.250 e. The SMILES string of the molecule is CC(C)CNC(=O)CNc1cc(N)ccc1C(N)=O. The minimum Gasteiger partial charge on any atom is -0.399 e. The van der Waals surface area contributed by atoms with E-state index in [2.05, 4.69) is 10.6 Å². The maximum absolute atomic E-state index is 11.6. The molecule has 0 spiro atoms. The Kier molecular flexibility index (Phi) is 5.17. The summed E-state index contributed by atoms with van der Waals surface area (Å²) in [5.74, 6) is -0.325. The number of benzene rings is 1. The smallest absolute Gasteiger partial charge is 0.250 e. The van der Waals surface area contributed by atoms with Gasteiger partial charge >= 0.3 is 0 Å². The first kappa shape index (κ1) is 14.8. The van der Waals surface area contributed by atoms with Gasteiger partial charge in [0.1, 0.15) is 0 Å². The molecule has 0 radical (unpaired) electrons. The van der Waals surface area contributed by atoms with Crippen molar-refractivity contribution >= 4 is 23.2 Å². The summed E-state index contributed by atoms with van der Waals surface area (Å²) in [6.07, 6.45) is 0. The standard InChI is InChI=1S/C13H20N4O2/c1-8(2)6-17-12(18)7-16-11-5-9(14)3-4-10(11)13(15)19/h3-5,8,16H,6-7,14H2,1-2H3,(H2,15,19)(H,17,18). The molecule has 0 aliphatic carbocycles. The minimum absolute atomic E-state index is 0.0659. The molecule has 1 aromatic carbocycles. The highest BCUT2D eigenvalue weighted by Gasteiger charge is 2.09. The second kappa shape index (κ2) is 6.63. The molecule has 6 nitrogen and oxygen atoms in total. The van der Waals surface area contributed by atoms with Crippen LogP contribution in [0, 0.1) is 5.92 Å². The number of nitrogens with one attached hydrogen (secondary N) is 2. The van der Waals surface area contributed by atoms with Gasteiger partial charge in [0.15, 0.2) is 0 Å². The van der Waals surface area contributed by atoms with E-state index < -0.39 is 5.91 Å². The normalized spacial score (nSPS) is 10.3. The summed E-state index contributed by atoms with van der Waals surface area (Å²) < 4.78 is 0. The molecule has 0 aliphatic rings.